The number of aliphatic hydroxyl groups is 1. The Balaban J connectivity index is 2.33. The normalized spacial score (nSPS) is 15.8. The van der Waals surface area contributed by atoms with E-state index in [0.29, 0.717) is 12.8 Å². The fourth-order valence-electron chi connectivity index (χ4n) is 1.96. The lowest BCUT2D eigenvalue weighted by atomic mass is 10.1. The van der Waals surface area contributed by atoms with Gasteiger partial charge in [-0.25, -0.2) is 4.39 Å². The standard InChI is InChI=1S/C12H13F4NO/c13-10-2-1-3-11(9(10)6-18)17(8-4-5-8)7-12(14,15)16/h1-3,8,18H,4-7H2. The number of alkyl halides is 3. The minimum Gasteiger partial charge on any atom is -0.391 e. The lowest BCUT2D eigenvalue weighted by Gasteiger charge is -2.27. The molecule has 0 amide bonds. The smallest absolute Gasteiger partial charge is 0.391 e. The van der Waals surface area contributed by atoms with Gasteiger partial charge in [-0.15, -0.1) is 0 Å². The predicted molar refractivity (Wildman–Crippen MR) is 58.7 cm³/mol. The van der Waals surface area contributed by atoms with Crippen LogP contribution in [0.15, 0.2) is 18.2 Å². The van der Waals surface area contributed by atoms with Crippen LogP contribution in [0.1, 0.15) is 18.4 Å². The molecular formula is C12H13F4NO. The SMILES string of the molecule is OCc1c(F)cccc1N(CC(F)(F)F)C1CC1. The van der Waals surface area contributed by atoms with E-state index in [1.165, 1.54) is 12.1 Å². The predicted octanol–water partition coefficient (Wildman–Crippen LogP) is 2.85. The van der Waals surface area contributed by atoms with Crippen molar-refractivity contribution in [1.29, 1.82) is 0 Å². The molecule has 0 saturated heterocycles. The van der Waals surface area contributed by atoms with E-state index in [1.807, 2.05) is 0 Å². The van der Waals surface area contributed by atoms with Crippen LogP contribution >= 0.6 is 0 Å². The summed E-state index contributed by atoms with van der Waals surface area (Å²) in [6.07, 6.45) is -3.02. The average Bonchev–Trinajstić information content (AvgIpc) is 3.08. The van der Waals surface area contributed by atoms with Crippen LogP contribution in [0.3, 0.4) is 0 Å². The molecule has 0 radical (unpaired) electrons. The van der Waals surface area contributed by atoms with Gasteiger partial charge in [0.1, 0.15) is 12.4 Å². The van der Waals surface area contributed by atoms with Gasteiger partial charge >= 0.3 is 6.18 Å². The van der Waals surface area contributed by atoms with Gasteiger partial charge in [-0.3, -0.25) is 0 Å². The van der Waals surface area contributed by atoms with Gasteiger partial charge in [-0.05, 0) is 25.0 Å². The molecule has 0 bridgehead atoms. The Morgan fingerprint density at radius 3 is 2.44 bits per heavy atom. The van der Waals surface area contributed by atoms with Crippen LogP contribution in [0.2, 0.25) is 0 Å². The van der Waals surface area contributed by atoms with Gasteiger partial charge in [-0.2, -0.15) is 13.2 Å². The summed E-state index contributed by atoms with van der Waals surface area (Å²) in [4.78, 5) is 1.13. The van der Waals surface area contributed by atoms with E-state index in [2.05, 4.69) is 0 Å². The van der Waals surface area contributed by atoms with Crippen LogP contribution < -0.4 is 4.90 Å². The minimum atomic E-state index is -4.35. The van der Waals surface area contributed by atoms with Crippen molar-refractivity contribution in [3.8, 4) is 0 Å². The molecule has 1 N–H and O–H groups in total. The molecule has 1 fully saturated rings. The number of aliphatic hydroxyl groups excluding tert-OH is 1. The van der Waals surface area contributed by atoms with E-state index in [4.69, 9.17) is 5.11 Å². The molecule has 0 spiro atoms. The fourth-order valence-corrected chi connectivity index (χ4v) is 1.96. The van der Waals surface area contributed by atoms with Gasteiger partial charge in [0.15, 0.2) is 0 Å². The van der Waals surface area contributed by atoms with Crippen LogP contribution in [0.4, 0.5) is 23.2 Å². The zero-order chi connectivity index (χ0) is 13.3. The molecule has 0 aliphatic heterocycles. The Hall–Kier alpha value is -1.30. The molecule has 0 aromatic heterocycles. The number of hydrogen-bond acceptors (Lipinski definition) is 2. The molecule has 100 valence electrons. The minimum absolute atomic E-state index is 0.0753. The first kappa shape index (κ1) is 13.1. The molecule has 2 rings (SSSR count). The van der Waals surface area contributed by atoms with E-state index in [0.717, 1.165) is 11.0 Å². The third-order valence-electron chi connectivity index (χ3n) is 2.90. The third kappa shape index (κ3) is 2.93. The van der Waals surface area contributed by atoms with E-state index >= 15 is 0 Å². The second-order valence-corrected chi connectivity index (χ2v) is 4.37. The van der Waals surface area contributed by atoms with Crippen LogP contribution in [0, 0.1) is 5.82 Å². The molecule has 0 unspecified atom stereocenters. The molecule has 0 atom stereocenters. The molecule has 0 heterocycles. The van der Waals surface area contributed by atoms with E-state index in [9.17, 15) is 17.6 Å². The van der Waals surface area contributed by atoms with Crippen LogP contribution in [0.25, 0.3) is 0 Å². The molecule has 1 saturated carbocycles. The Bertz CT molecular complexity index is 429. The largest absolute Gasteiger partial charge is 0.405 e. The monoisotopic (exact) mass is 263 g/mol. The summed E-state index contributed by atoms with van der Waals surface area (Å²) >= 11 is 0. The summed E-state index contributed by atoms with van der Waals surface area (Å²) in [5, 5.41) is 9.10. The molecule has 1 aliphatic carbocycles. The van der Waals surface area contributed by atoms with Crippen molar-refractivity contribution in [2.75, 3.05) is 11.4 Å². The molecule has 2 nitrogen and oxygen atoms in total. The molecule has 1 aromatic carbocycles. The van der Waals surface area contributed by atoms with Crippen molar-refractivity contribution in [3.63, 3.8) is 0 Å². The highest BCUT2D eigenvalue weighted by Crippen LogP contribution is 2.36. The Morgan fingerprint density at radius 1 is 1.28 bits per heavy atom. The second kappa shape index (κ2) is 4.76. The summed E-state index contributed by atoms with van der Waals surface area (Å²) in [6.45, 7) is -1.72. The zero-order valence-electron chi connectivity index (χ0n) is 9.54. The van der Waals surface area contributed by atoms with Gasteiger partial charge in [0.2, 0.25) is 0 Å². The summed E-state index contributed by atoms with van der Waals surface area (Å²) in [5.74, 6) is -0.678. The second-order valence-electron chi connectivity index (χ2n) is 4.37. The summed E-state index contributed by atoms with van der Waals surface area (Å²) in [5.41, 5.74) is 0.0611. The number of rotatable bonds is 4. The highest BCUT2D eigenvalue weighted by atomic mass is 19.4. The lowest BCUT2D eigenvalue weighted by Crippen LogP contribution is -2.36. The number of anilines is 1. The Morgan fingerprint density at radius 2 is 1.94 bits per heavy atom. The first-order valence-electron chi connectivity index (χ1n) is 5.64. The molecule has 6 heteroatoms. The Labute approximate surface area is 102 Å². The van der Waals surface area contributed by atoms with Gasteiger partial charge < -0.3 is 10.0 Å². The van der Waals surface area contributed by atoms with E-state index < -0.39 is 25.1 Å². The third-order valence-corrected chi connectivity index (χ3v) is 2.90. The van der Waals surface area contributed by atoms with Gasteiger partial charge in [0, 0.05) is 17.3 Å². The zero-order valence-corrected chi connectivity index (χ0v) is 9.54. The van der Waals surface area contributed by atoms with Crippen molar-refractivity contribution in [2.45, 2.75) is 31.7 Å². The van der Waals surface area contributed by atoms with Crippen molar-refractivity contribution in [1.82, 2.24) is 0 Å². The number of halogens is 4. The maximum atomic E-state index is 13.5. The molecule has 1 aliphatic rings. The van der Waals surface area contributed by atoms with Crippen molar-refractivity contribution in [2.24, 2.45) is 0 Å². The number of hydrogen-bond donors (Lipinski definition) is 1. The van der Waals surface area contributed by atoms with Crippen LogP contribution in [-0.4, -0.2) is 23.9 Å². The summed E-state index contributed by atoms with van der Waals surface area (Å²) in [6, 6.07) is 3.70. The lowest BCUT2D eigenvalue weighted by molar-refractivity contribution is -0.120. The Kier molecular flexibility index (Phi) is 3.47. The summed E-state index contributed by atoms with van der Waals surface area (Å²) < 4.78 is 51.0. The average molecular weight is 263 g/mol. The number of nitrogens with zero attached hydrogens (tertiary/aromatic N) is 1. The molecular weight excluding hydrogens is 250 g/mol. The summed E-state index contributed by atoms with van der Waals surface area (Å²) in [7, 11) is 0. The topological polar surface area (TPSA) is 23.5 Å². The molecule has 1 aromatic rings. The van der Waals surface area contributed by atoms with Gasteiger partial charge in [0.25, 0.3) is 0 Å². The maximum absolute atomic E-state index is 13.5. The van der Waals surface area contributed by atoms with Gasteiger partial charge in [0.05, 0.1) is 6.61 Å². The highest BCUT2D eigenvalue weighted by Gasteiger charge is 2.39. The first-order chi connectivity index (χ1) is 8.42. The maximum Gasteiger partial charge on any atom is 0.405 e. The molecule has 18 heavy (non-hydrogen) atoms. The van der Waals surface area contributed by atoms with Crippen molar-refractivity contribution >= 4 is 5.69 Å². The quantitative estimate of drug-likeness (QED) is 0.844. The van der Waals surface area contributed by atoms with Crippen molar-refractivity contribution < 1.29 is 22.7 Å². The van der Waals surface area contributed by atoms with Crippen molar-refractivity contribution in [3.05, 3.63) is 29.6 Å². The van der Waals surface area contributed by atoms with E-state index in [-0.39, 0.29) is 17.3 Å². The van der Waals surface area contributed by atoms with E-state index in [1.54, 1.807) is 0 Å². The number of benzene rings is 1. The first-order valence-corrected chi connectivity index (χ1v) is 5.64. The fraction of sp³-hybridized carbons (Fsp3) is 0.500. The van der Waals surface area contributed by atoms with Crippen LogP contribution in [0.5, 0.6) is 0 Å². The van der Waals surface area contributed by atoms with Gasteiger partial charge in [-0.1, -0.05) is 6.07 Å². The van der Waals surface area contributed by atoms with Crippen LogP contribution in [-0.2, 0) is 6.61 Å². The highest BCUT2D eigenvalue weighted by molar-refractivity contribution is 5.55.